The molecule has 2 aromatic rings. The first-order chi connectivity index (χ1) is 14.8. The number of rotatable bonds is 6. The fourth-order valence-electron chi connectivity index (χ4n) is 3.53. The van der Waals surface area contributed by atoms with E-state index in [0.29, 0.717) is 16.5 Å². The SMILES string of the molecule is Cc1ccc(C)c(NC(=O)CSC2=C(C#N)[C@@H](c3ccc(C(C)C)cc3)CC(=O)N2)c1. The summed E-state index contributed by atoms with van der Waals surface area (Å²) in [7, 11) is 0. The van der Waals surface area contributed by atoms with Gasteiger partial charge in [0, 0.05) is 18.0 Å². The number of nitrogens with zero attached hydrogens (tertiary/aromatic N) is 1. The fourth-order valence-corrected chi connectivity index (χ4v) is 4.40. The van der Waals surface area contributed by atoms with E-state index in [0.717, 1.165) is 22.4 Å². The Hall–Kier alpha value is -3.04. The third kappa shape index (κ3) is 5.56. The highest BCUT2D eigenvalue weighted by molar-refractivity contribution is 8.03. The molecule has 160 valence electrons. The van der Waals surface area contributed by atoms with E-state index in [1.165, 1.54) is 17.3 Å². The van der Waals surface area contributed by atoms with Crippen LogP contribution in [0.15, 0.2) is 53.1 Å². The molecule has 1 atom stereocenters. The number of hydrogen-bond acceptors (Lipinski definition) is 4. The van der Waals surface area contributed by atoms with E-state index >= 15 is 0 Å². The molecule has 0 saturated carbocycles. The molecule has 2 N–H and O–H groups in total. The molecule has 3 rings (SSSR count). The lowest BCUT2D eigenvalue weighted by molar-refractivity contribution is -0.121. The Morgan fingerprint density at radius 2 is 1.94 bits per heavy atom. The quantitative estimate of drug-likeness (QED) is 0.661. The van der Waals surface area contributed by atoms with Crippen molar-refractivity contribution in [3.05, 3.63) is 75.3 Å². The number of nitriles is 1. The van der Waals surface area contributed by atoms with Crippen molar-refractivity contribution in [1.29, 1.82) is 5.26 Å². The maximum absolute atomic E-state index is 12.5. The molecule has 2 amide bonds. The lowest BCUT2D eigenvalue weighted by Gasteiger charge is -2.25. The summed E-state index contributed by atoms with van der Waals surface area (Å²) in [4.78, 5) is 24.8. The Bertz CT molecular complexity index is 1070. The molecule has 0 aliphatic carbocycles. The van der Waals surface area contributed by atoms with E-state index in [1.54, 1.807) is 0 Å². The van der Waals surface area contributed by atoms with Gasteiger partial charge < -0.3 is 10.6 Å². The van der Waals surface area contributed by atoms with Crippen LogP contribution in [0.1, 0.15) is 54.4 Å². The fraction of sp³-hybridized carbons (Fsp3) is 0.320. The van der Waals surface area contributed by atoms with Crippen LogP contribution < -0.4 is 10.6 Å². The Labute approximate surface area is 187 Å². The van der Waals surface area contributed by atoms with Crippen molar-refractivity contribution < 1.29 is 9.59 Å². The number of carbonyl (C=O) groups is 2. The van der Waals surface area contributed by atoms with Crippen LogP contribution in [0.3, 0.4) is 0 Å². The van der Waals surface area contributed by atoms with Gasteiger partial charge in [-0.15, -0.1) is 0 Å². The molecule has 1 heterocycles. The van der Waals surface area contributed by atoms with Crippen LogP contribution in [0.2, 0.25) is 0 Å². The maximum Gasteiger partial charge on any atom is 0.234 e. The third-order valence-corrected chi connectivity index (χ3v) is 6.39. The molecule has 1 aliphatic rings. The number of nitrogens with one attached hydrogen (secondary N) is 2. The van der Waals surface area contributed by atoms with Crippen molar-refractivity contribution in [1.82, 2.24) is 5.32 Å². The minimum Gasteiger partial charge on any atom is -0.325 e. The average Bonchev–Trinajstić information content (AvgIpc) is 2.74. The number of anilines is 1. The van der Waals surface area contributed by atoms with Crippen molar-refractivity contribution in [2.45, 2.75) is 46.0 Å². The molecule has 0 bridgehead atoms. The summed E-state index contributed by atoms with van der Waals surface area (Å²) in [6, 6.07) is 16.2. The summed E-state index contributed by atoms with van der Waals surface area (Å²) in [5, 5.41) is 16.0. The molecule has 0 aromatic heterocycles. The summed E-state index contributed by atoms with van der Waals surface area (Å²) < 4.78 is 0. The van der Waals surface area contributed by atoms with Gasteiger partial charge >= 0.3 is 0 Å². The highest BCUT2D eigenvalue weighted by atomic mass is 32.2. The monoisotopic (exact) mass is 433 g/mol. The molecule has 0 unspecified atom stereocenters. The van der Waals surface area contributed by atoms with Gasteiger partial charge in [0.15, 0.2) is 0 Å². The Balaban J connectivity index is 1.76. The Morgan fingerprint density at radius 3 is 2.58 bits per heavy atom. The van der Waals surface area contributed by atoms with Crippen LogP contribution in [0.4, 0.5) is 5.69 Å². The second-order valence-corrected chi connectivity index (χ2v) is 9.12. The first-order valence-corrected chi connectivity index (χ1v) is 11.3. The largest absolute Gasteiger partial charge is 0.325 e. The lowest BCUT2D eigenvalue weighted by atomic mass is 9.86. The predicted molar refractivity (Wildman–Crippen MR) is 126 cm³/mol. The zero-order chi connectivity index (χ0) is 22.5. The van der Waals surface area contributed by atoms with Crippen LogP contribution in [-0.4, -0.2) is 17.6 Å². The normalized spacial score (nSPS) is 16.1. The number of thioether (sulfide) groups is 1. The van der Waals surface area contributed by atoms with E-state index in [4.69, 9.17) is 0 Å². The molecular weight excluding hydrogens is 406 g/mol. The number of hydrogen-bond donors (Lipinski definition) is 2. The number of aryl methyl sites for hydroxylation is 2. The summed E-state index contributed by atoms with van der Waals surface area (Å²) in [5.74, 6) is -0.107. The van der Waals surface area contributed by atoms with Crippen molar-refractivity contribution in [2.24, 2.45) is 0 Å². The molecule has 6 heteroatoms. The van der Waals surface area contributed by atoms with Crippen LogP contribution in [-0.2, 0) is 9.59 Å². The zero-order valence-corrected chi connectivity index (χ0v) is 19.1. The van der Waals surface area contributed by atoms with Gasteiger partial charge in [0.1, 0.15) is 0 Å². The number of allylic oxidation sites excluding steroid dienone is 1. The van der Waals surface area contributed by atoms with Gasteiger partial charge in [-0.25, -0.2) is 0 Å². The smallest absolute Gasteiger partial charge is 0.234 e. The minimum atomic E-state index is -0.301. The van der Waals surface area contributed by atoms with E-state index in [9.17, 15) is 14.9 Å². The van der Waals surface area contributed by atoms with Gasteiger partial charge in [0.2, 0.25) is 11.8 Å². The number of amides is 2. The molecule has 0 fully saturated rings. The Kier molecular flexibility index (Phi) is 7.19. The first-order valence-electron chi connectivity index (χ1n) is 10.3. The molecule has 0 saturated heterocycles. The van der Waals surface area contributed by atoms with Gasteiger partial charge in [0.05, 0.1) is 22.4 Å². The second kappa shape index (κ2) is 9.84. The number of carbonyl (C=O) groups excluding carboxylic acids is 2. The molecule has 0 radical (unpaired) electrons. The summed E-state index contributed by atoms with van der Waals surface area (Å²) in [5.41, 5.74) is 5.47. The van der Waals surface area contributed by atoms with E-state index < -0.39 is 0 Å². The predicted octanol–water partition coefficient (Wildman–Crippen LogP) is 5.14. The van der Waals surface area contributed by atoms with Gasteiger partial charge in [-0.3, -0.25) is 9.59 Å². The van der Waals surface area contributed by atoms with Crippen molar-refractivity contribution in [3.8, 4) is 6.07 Å². The van der Waals surface area contributed by atoms with Gasteiger partial charge in [-0.05, 0) is 48.1 Å². The molecule has 0 spiro atoms. The lowest BCUT2D eigenvalue weighted by Crippen LogP contribution is -2.31. The molecule has 1 aliphatic heterocycles. The van der Waals surface area contributed by atoms with Crippen molar-refractivity contribution >= 4 is 29.3 Å². The van der Waals surface area contributed by atoms with E-state index in [1.807, 2.05) is 56.3 Å². The van der Waals surface area contributed by atoms with E-state index in [2.05, 4.69) is 30.6 Å². The second-order valence-electron chi connectivity index (χ2n) is 8.14. The maximum atomic E-state index is 12.5. The summed E-state index contributed by atoms with van der Waals surface area (Å²) >= 11 is 1.19. The highest BCUT2D eigenvalue weighted by Crippen LogP contribution is 2.36. The molecule has 5 nitrogen and oxygen atoms in total. The standard InChI is InChI=1S/C25H27N3O2S/c1-15(2)18-7-9-19(10-8-18)20-12-23(29)28-25(21(20)13-26)31-14-24(30)27-22-11-16(3)5-6-17(22)4/h5-11,15,20H,12,14H2,1-4H3,(H,27,30)(H,28,29)/t20-/m1/s1. The van der Waals surface area contributed by atoms with Crippen molar-refractivity contribution in [3.63, 3.8) is 0 Å². The highest BCUT2D eigenvalue weighted by Gasteiger charge is 2.30. The molecule has 2 aromatic carbocycles. The van der Waals surface area contributed by atoms with Crippen molar-refractivity contribution in [2.75, 3.05) is 11.1 Å². The van der Waals surface area contributed by atoms with E-state index in [-0.39, 0.29) is 29.9 Å². The van der Waals surface area contributed by atoms with Crippen LogP contribution in [0, 0.1) is 25.2 Å². The topological polar surface area (TPSA) is 82.0 Å². The first kappa shape index (κ1) is 22.6. The third-order valence-electron chi connectivity index (χ3n) is 5.38. The molecular formula is C25H27N3O2S. The zero-order valence-electron chi connectivity index (χ0n) is 18.3. The average molecular weight is 434 g/mol. The van der Waals surface area contributed by atoms with Gasteiger partial charge in [0.25, 0.3) is 0 Å². The summed E-state index contributed by atoms with van der Waals surface area (Å²) in [6.07, 6.45) is 0.225. The summed E-state index contributed by atoms with van der Waals surface area (Å²) in [6.45, 7) is 8.16. The van der Waals surface area contributed by atoms with Crippen LogP contribution in [0.5, 0.6) is 0 Å². The number of benzene rings is 2. The van der Waals surface area contributed by atoms with Crippen LogP contribution >= 0.6 is 11.8 Å². The van der Waals surface area contributed by atoms with Gasteiger partial charge in [-0.1, -0.05) is 62.0 Å². The van der Waals surface area contributed by atoms with Gasteiger partial charge in [-0.2, -0.15) is 5.26 Å². The minimum absolute atomic E-state index is 0.104. The molecule has 31 heavy (non-hydrogen) atoms. The Morgan fingerprint density at radius 1 is 1.23 bits per heavy atom. The van der Waals surface area contributed by atoms with Crippen LogP contribution in [0.25, 0.3) is 0 Å².